The normalized spacial score (nSPS) is 25.8. The van der Waals surface area contributed by atoms with E-state index < -0.39 is 5.41 Å². The zero-order chi connectivity index (χ0) is 17.6. The first-order valence-corrected chi connectivity index (χ1v) is 8.45. The summed E-state index contributed by atoms with van der Waals surface area (Å²) in [6.45, 7) is 3.80. The standard InChI is InChI=1S/C17H21N5O3/c1-11-13(8-22-14(20-11)3-5-19-22)15(23)21-7-12-9-25-6-4-17(12,10-21)16(24)18-2/h3,5,8,12H,4,6-7,9-10H2,1-2H3,(H,18,24)/t12-,17+/m1/s1. The molecule has 2 saturated heterocycles. The van der Waals surface area contributed by atoms with Crippen LogP contribution in [-0.4, -0.2) is 64.7 Å². The van der Waals surface area contributed by atoms with Crippen molar-refractivity contribution in [3.63, 3.8) is 0 Å². The SMILES string of the molecule is CNC(=O)[C@]12CCOC[C@H]1CN(C(=O)c1cn3nccc3nc1C)C2. The summed E-state index contributed by atoms with van der Waals surface area (Å²) in [7, 11) is 1.65. The van der Waals surface area contributed by atoms with Crippen molar-refractivity contribution in [2.24, 2.45) is 11.3 Å². The maximum Gasteiger partial charge on any atom is 0.257 e. The van der Waals surface area contributed by atoms with E-state index >= 15 is 0 Å². The molecule has 8 nitrogen and oxygen atoms in total. The van der Waals surface area contributed by atoms with Crippen molar-refractivity contribution in [3.8, 4) is 0 Å². The smallest absolute Gasteiger partial charge is 0.257 e. The van der Waals surface area contributed by atoms with E-state index in [1.165, 1.54) is 0 Å². The Morgan fingerprint density at radius 2 is 2.28 bits per heavy atom. The minimum atomic E-state index is -0.556. The van der Waals surface area contributed by atoms with Gasteiger partial charge in [-0.2, -0.15) is 5.10 Å². The number of hydrogen-bond acceptors (Lipinski definition) is 5. The summed E-state index contributed by atoms with van der Waals surface area (Å²) in [5.41, 5.74) is 1.33. The molecule has 4 rings (SSSR count). The fourth-order valence-corrected chi connectivity index (χ4v) is 4.05. The van der Waals surface area contributed by atoms with Crippen LogP contribution in [0.3, 0.4) is 0 Å². The van der Waals surface area contributed by atoms with E-state index in [2.05, 4.69) is 15.4 Å². The van der Waals surface area contributed by atoms with Gasteiger partial charge in [0.1, 0.15) is 0 Å². The highest BCUT2D eigenvalue weighted by atomic mass is 16.5. The molecule has 2 aliphatic heterocycles. The highest BCUT2D eigenvalue weighted by Gasteiger charge is 2.54. The number of fused-ring (bicyclic) bond motifs is 2. The number of amides is 2. The van der Waals surface area contributed by atoms with Gasteiger partial charge in [-0.05, 0) is 13.3 Å². The number of nitrogens with zero attached hydrogens (tertiary/aromatic N) is 4. The zero-order valence-electron chi connectivity index (χ0n) is 14.4. The molecule has 4 heterocycles. The van der Waals surface area contributed by atoms with Crippen LogP contribution in [0.4, 0.5) is 0 Å². The van der Waals surface area contributed by atoms with Crippen molar-refractivity contribution < 1.29 is 14.3 Å². The van der Waals surface area contributed by atoms with Crippen molar-refractivity contribution in [1.29, 1.82) is 0 Å². The molecule has 0 aliphatic carbocycles. The third-order valence-corrected chi connectivity index (χ3v) is 5.48. The van der Waals surface area contributed by atoms with Crippen molar-refractivity contribution in [2.75, 3.05) is 33.4 Å². The Kier molecular flexibility index (Phi) is 3.72. The van der Waals surface area contributed by atoms with Gasteiger partial charge >= 0.3 is 0 Å². The van der Waals surface area contributed by atoms with Crippen molar-refractivity contribution in [2.45, 2.75) is 13.3 Å². The Bertz CT molecular complexity index is 848. The summed E-state index contributed by atoms with van der Waals surface area (Å²) in [6, 6.07) is 1.80. The lowest BCUT2D eigenvalue weighted by Crippen LogP contribution is -2.49. The molecule has 0 aromatic carbocycles. The number of hydrogen-bond donors (Lipinski definition) is 1. The first-order valence-electron chi connectivity index (χ1n) is 8.45. The number of carbonyl (C=O) groups excluding carboxylic acids is 2. The highest BCUT2D eigenvalue weighted by Crippen LogP contribution is 2.42. The van der Waals surface area contributed by atoms with Crippen LogP contribution in [0.1, 0.15) is 22.5 Å². The minimum absolute atomic E-state index is 0.00604. The molecule has 0 radical (unpaired) electrons. The van der Waals surface area contributed by atoms with Gasteiger partial charge < -0.3 is 15.0 Å². The Morgan fingerprint density at radius 1 is 1.44 bits per heavy atom. The summed E-state index contributed by atoms with van der Waals surface area (Å²) in [6.07, 6.45) is 4.00. The summed E-state index contributed by atoms with van der Waals surface area (Å²) >= 11 is 0. The average molecular weight is 343 g/mol. The third kappa shape index (κ3) is 2.39. The number of rotatable bonds is 2. The first kappa shape index (κ1) is 16.0. The van der Waals surface area contributed by atoms with Gasteiger partial charge in [0.05, 0.1) is 29.5 Å². The predicted molar refractivity (Wildman–Crippen MR) is 89.1 cm³/mol. The minimum Gasteiger partial charge on any atom is -0.381 e. The van der Waals surface area contributed by atoms with E-state index in [4.69, 9.17) is 4.74 Å². The summed E-state index contributed by atoms with van der Waals surface area (Å²) in [4.78, 5) is 31.8. The Morgan fingerprint density at radius 3 is 3.08 bits per heavy atom. The maximum absolute atomic E-state index is 13.1. The average Bonchev–Trinajstić information content (AvgIpc) is 3.23. The van der Waals surface area contributed by atoms with Gasteiger partial charge in [0, 0.05) is 44.9 Å². The quantitative estimate of drug-likeness (QED) is 0.845. The topological polar surface area (TPSA) is 88.8 Å². The summed E-state index contributed by atoms with van der Waals surface area (Å²) < 4.78 is 7.16. The lowest BCUT2D eigenvalue weighted by Gasteiger charge is -2.36. The molecule has 1 N–H and O–H groups in total. The molecule has 2 aromatic heterocycles. The predicted octanol–water partition coefficient (Wildman–Crippen LogP) is 0.262. The molecule has 0 spiro atoms. The van der Waals surface area contributed by atoms with Crippen LogP contribution in [-0.2, 0) is 9.53 Å². The first-order chi connectivity index (χ1) is 12.0. The molecule has 0 saturated carbocycles. The molecule has 8 heteroatoms. The second-order valence-corrected chi connectivity index (χ2v) is 6.82. The second kappa shape index (κ2) is 5.80. The summed E-state index contributed by atoms with van der Waals surface area (Å²) in [5.74, 6) is -0.0968. The number of nitrogens with one attached hydrogen (secondary N) is 1. The van der Waals surface area contributed by atoms with E-state index in [0.717, 1.165) is 0 Å². The molecule has 2 aliphatic rings. The Balaban J connectivity index is 1.66. The fraction of sp³-hybridized carbons (Fsp3) is 0.529. The molecule has 25 heavy (non-hydrogen) atoms. The van der Waals surface area contributed by atoms with Gasteiger partial charge in [-0.3, -0.25) is 9.59 Å². The van der Waals surface area contributed by atoms with Crippen molar-refractivity contribution >= 4 is 17.5 Å². The van der Waals surface area contributed by atoms with Gasteiger partial charge in [0.15, 0.2) is 5.65 Å². The van der Waals surface area contributed by atoms with Crippen LogP contribution >= 0.6 is 0 Å². The molecule has 0 bridgehead atoms. The fourth-order valence-electron chi connectivity index (χ4n) is 4.05. The van der Waals surface area contributed by atoms with Gasteiger partial charge in [0.2, 0.25) is 5.91 Å². The number of carbonyl (C=O) groups is 2. The van der Waals surface area contributed by atoms with Crippen LogP contribution in [0.5, 0.6) is 0 Å². The number of ether oxygens (including phenoxy) is 1. The highest BCUT2D eigenvalue weighted by molar-refractivity contribution is 5.96. The largest absolute Gasteiger partial charge is 0.381 e. The lowest BCUT2D eigenvalue weighted by atomic mass is 9.73. The van der Waals surface area contributed by atoms with Crippen LogP contribution < -0.4 is 5.32 Å². The van der Waals surface area contributed by atoms with Gasteiger partial charge in [0.25, 0.3) is 5.91 Å². The molecule has 2 aromatic rings. The van der Waals surface area contributed by atoms with E-state index in [1.54, 1.807) is 34.9 Å². The van der Waals surface area contributed by atoms with Crippen LogP contribution in [0.2, 0.25) is 0 Å². The molecule has 2 amide bonds. The van der Waals surface area contributed by atoms with Gasteiger partial charge in [-0.25, -0.2) is 9.50 Å². The molecule has 0 unspecified atom stereocenters. The van der Waals surface area contributed by atoms with Crippen LogP contribution in [0.15, 0.2) is 18.5 Å². The molecular weight excluding hydrogens is 322 g/mol. The van der Waals surface area contributed by atoms with Crippen molar-refractivity contribution in [1.82, 2.24) is 24.8 Å². The number of likely N-dealkylation sites (tertiary alicyclic amines) is 1. The number of aryl methyl sites for hydroxylation is 1. The Hall–Kier alpha value is -2.48. The van der Waals surface area contributed by atoms with Crippen LogP contribution in [0.25, 0.3) is 5.65 Å². The summed E-state index contributed by atoms with van der Waals surface area (Å²) in [5, 5.41) is 6.93. The third-order valence-electron chi connectivity index (χ3n) is 5.48. The lowest BCUT2D eigenvalue weighted by molar-refractivity contribution is -0.138. The van der Waals surface area contributed by atoms with Crippen LogP contribution in [0, 0.1) is 18.3 Å². The number of aromatic nitrogens is 3. The molecular formula is C17H21N5O3. The molecule has 2 atom stereocenters. The van der Waals surface area contributed by atoms with E-state index in [-0.39, 0.29) is 17.7 Å². The maximum atomic E-state index is 13.1. The van der Waals surface area contributed by atoms with Gasteiger partial charge in [-0.15, -0.1) is 0 Å². The molecule has 132 valence electrons. The van der Waals surface area contributed by atoms with Gasteiger partial charge in [-0.1, -0.05) is 0 Å². The van der Waals surface area contributed by atoms with E-state index in [0.29, 0.717) is 49.6 Å². The molecule has 2 fully saturated rings. The monoisotopic (exact) mass is 343 g/mol. The van der Waals surface area contributed by atoms with E-state index in [9.17, 15) is 9.59 Å². The van der Waals surface area contributed by atoms with Crippen molar-refractivity contribution in [3.05, 3.63) is 29.7 Å². The second-order valence-electron chi connectivity index (χ2n) is 6.82. The zero-order valence-corrected chi connectivity index (χ0v) is 14.4. The Labute approximate surface area is 145 Å². The van der Waals surface area contributed by atoms with E-state index in [1.807, 2.05) is 6.92 Å².